The van der Waals surface area contributed by atoms with Crippen molar-refractivity contribution in [3.63, 3.8) is 0 Å². The van der Waals surface area contributed by atoms with Gasteiger partial charge in [-0.1, -0.05) is 30.1 Å². The van der Waals surface area contributed by atoms with Crippen molar-refractivity contribution in [2.75, 3.05) is 52.2 Å². The number of hydrogen-bond donors (Lipinski definition) is 2. The highest BCUT2D eigenvalue weighted by Gasteiger charge is 2.65. The SMILES string of the molecule is C=CCOC12Oc3ccc(Oc4ccc(SC)cc4)cc3C3C(CCCCO)C(CCCCO)C=C(C(=NOC4CCCCO4)CC1N(C)C(=O)OCCCl)C32. The lowest BCUT2D eigenvalue weighted by Gasteiger charge is -2.59. The van der Waals surface area contributed by atoms with E-state index in [1.807, 2.05) is 42.7 Å². The summed E-state index contributed by atoms with van der Waals surface area (Å²) in [5, 5.41) is 24.6. The number of aliphatic hydroxyl groups is 2. The van der Waals surface area contributed by atoms with Crippen molar-refractivity contribution in [1.82, 2.24) is 4.90 Å². The number of thioether (sulfide) groups is 1. The maximum absolute atomic E-state index is 13.7. The number of allylic oxidation sites excluding steroid dienone is 1. The summed E-state index contributed by atoms with van der Waals surface area (Å²) in [5.41, 5.74) is 2.62. The second kappa shape index (κ2) is 20.4. The molecule has 7 atom stereocenters. The predicted molar refractivity (Wildman–Crippen MR) is 218 cm³/mol. The molecule has 0 radical (unpaired) electrons. The zero-order chi connectivity index (χ0) is 39.5. The molecule has 2 aromatic rings. The van der Waals surface area contributed by atoms with Crippen LogP contribution in [-0.4, -0.2) is 97.3 Å². The molecule has 2 fully saturated rings. The lowest BCUT2D eigenvalue weighted by Crippen LogP contribution is -2.69. The van der Waals surface area contributed by atoms with Gasteiger partial charge < -0.3 is 43.6 Å². The Balaban J connectivity index is 1.54. The predicted octanol–water partition coefficient (Wildman–Crippen LogP) is 8.67. The Morgan fingerprint density at radius 2 is 1.86 bits per heavy atom. The molecule has 2 heterocycles. The van der Waals surface area contributed by atoms with E-state index >= 15 is 0 Å². The number of rotatable bonds is 19. The number of likely N-dealkylation sites (N-methyl/N-ethyl adjacent to an activating group) is 1. The highest BCUT2D eigenvalue weighted by molar-refractivity contribution is 7.98. The maximum Gasteiger partial charge on any atom is 0.410 e. The number of carbonyl (C=O) groups excluding carboxylic acids is 1. The molecule has 1 saturated carbocycles. The van der Waals surface area contributed by atoms with E-state index < -0.39 is 30.1 Å². The molecule has 2 aliphatic heterocycles. The maximum atomic E-state index is 13.7. The number of oxime groups is 1. The second-order valence-corrected chi connectivity index (χ2v) is 16.1. The smallest absolute Gasteiger partial charge is 0.410 e. The number of hydrogen-bond acceptors (Lipinski definition) is 11. The Bertz CT molecular complexity index is 1670. The van der Waals surface area contributed by atoms with Crippen LogP contribution in [0.3, 0.4) is 0 Å². The van der Waals surface area contributed by atoms with Gasteiger partial charge in [-0.05, 0) is 105 Å². The molecule has 2 aromatic carbocycles. The molecule has 1 saturated heterocycles. The van der Waals surface area contributed by atoms with Crippen molar-refractivity contribution >= 4 is 35.2 Å². The summed E-state index contributed by atoms with van der Waals surface area (Å²) in [6.45, 7) is 5.02. The monoisotopic (exact) mass is 812 g/mol. The zero-order valence-corrected chi connectivity index (χ0v) is 34.2. The zero-order valence-electron chi connectivity index (χ0n) is 32.6. The number of alkyl halides is 1. The van der Waals surface area contributed by atoms with Crippen LogP contribution in [0.15, 0.2) is 76.8 Å². The van der Waals surface area contributed by atoms with E-state index in [0.717, 1.165) is 66.7 Å². The van der Waals surface area contributed by atoms with Crippen molar-refractivity contribution < 1.29 is 43.5 Å². The molecular weight excluding hydrogens is 756 g/mol. The van der Waals surface area contributed by atoms with E-state index in [1.54, 1.807) is 29.8 Å². The van der Waals surface area contributed by atoms with E-state index in [2.05, 4.69) is 18.7 Å². The molecule has 1 amide bonds. The average Bonchev–Trinajstić information content (AvgIpc) is 3.23. The molecule has 2 aliphatic carbocycles. The number of ether oxygens (including phenoxy) is 5. The number of benzene rings is 2. The third kappa shape index (κ3) is 9.54. The van der Waals surface area contributed by atoms with Gasteiger partial charge in [0.1, 0.15) is 29.9 Å². The Morgan fingerprint density at radius 3 is 2.55 bits per heavy atom. The average molecular weight is 813 g/mol. The van der Waals surface area contributed by atoms with Gasteiger partial charge in [0.2, 0.25) is 12.1 Å². The summed E-state index contributed by atoms with van der Waals surface area (Å²) in [5.74, 6) is 0.359. The first-order valence-electron chi connectivity index (χ1n) is 20.0. The number of carbonyl (C=O) groups is 1. The molecule has 13 heteroatoms. The molecule has 2 N–H and O–H groups in total. The van der Waals surface area contributed by atoms with E-state index in [-0.39, 0.29) is 56.5 Å². The van der Waals surface area contributed by atoms with E-state index in [0.29, 0.717) is 36.7 Å². The largest absolute Gasteiger partial charge is 0.459 e. The van der Waals surface area contributed by atoms with Gasteiger partial charge in [-0.15, -0.1) is 29.9 Å². The Kier molecular flexibility index (Phi) is 15.5. The van der Waals surface area contributed by atoms with Gasteiger partial charge in [-0.2, -0.15) is 0 Å². The summed E-state index contributed by atoms with van der Waals surface area (Å²) < 4.78 is 32.1. The van der Waals surface area contributed by atoms with E-state index in [9.17, 15) is 15.0 Å². The minimum atomic E-state index is -1.38. The molecule has 4 aliphatic rings. The lowest BCUT2D eigenvalue weighted by atomic mass is 9.55. The summed E-state index contributed by atoms with van der Waals surface area (Å²) in [7, 11) is 1.70. The number of unbranched alkanes of at least 4 members (excludes halogenated alkanes) is 2. The van der Waals surface area contributed by atoms with Crippen LogP contribution in [-0.2, 0) is 19.0 Å². The molecule has 7 unspecified atom stereocenters. The van der Waals surface area contributed by atoms with Gasteiger partial charge in [0.05, 0.1) is 30.7 Å². The molecule has 306 valence electrons. The Hall–Kier alpha value is -3.26. The molecule has 56 heavy (non-hydrogen) atoms. The summed E-state index contributed by atoms with van der Waals surface area (Å²) in [6.07, 6.45) is 12.7. The number of halogens is 1. The summed E-state index contributed by atoms with van der Waals surface area (Å²) in [4.78, 5) is 22.6. The topological polar surface area (TPSA) is 129 Å². The summed E-state index contributed by atoms with van der Waals surface area (Å²) in [6, 6.07) is 13.2. The van der Waals surface area contributed by atoms with Crippen LogP contribution in [0.25, 0.3) is 0 Å². The van der Waals surface area contributed by atoms with Crippen molar-refractivity contribution in [2.45, 2.75) is 93.1 Å². The fourth-order valence-corrected chi connectivity index (χ4v) is 9.33. The Labute approximate surface area is 340 Å². The van der Waals surface area contributed by atoms with Gasteiger partial charge >= 0.3 is 6.09 Å². The van der Waals surface area contributed by atoms with Crippen LogP contribution in [0, 0.1) is 17.8 Å². The fraction of sp³-hybridized carbons (Fsp3) is 0.581. The van der Waals surface area contributed by atoms with Gasteiger partial charge in [0.15, 0.2) is 0 Å². The van der Waals surface area contributed by atoms with Gasteiger partial charge in [-0.3, -0.25) is 0 Å². The van der Waals surface area contributed by atoms with Gasteiger partial charge in [-0.25, -0.2) is 4.79 Å². The van der Waals surface area contributed by atoms with Crippen LogP contribution in [0.4, 0.5) is 4.79 Å². The number of nitrogens with zero attached hydrogens (tertiary/aromatic N) is 2. The molecule has 6 rings (SSSR count). The second-order valence-electron chi connectivity index (χ2n) is 14.9. The molecule has 0 bridgehead atoms. The van der Waals surface area contributed by atoms with Crippen molar-refractivity contribution in [3.05, 3.63) is 72.3 Å². The fourth-order valence-electron chi connectivity index (χ4n) is 8.84. The highest BCUT2D eigenvalue weighted by atomic mass is 35.5. The van der Waals surface area contributed by atoms with Gasteiger partial charge in [0.25, 0.3) is 0 Å². The van der Waals surface area contributed by atoms with Crippen LogP contribution in [0.5, 0.6) is 17.2 Å². The van der Waals surface area contributed by atoms with E-state index in [4.69, 9.17) is 45.3 Å². The van der Waals surface area contributed by atoms with Crippen molar-refractivity contribution in [1.29, 1.82) is 0 Å². The summed E-state index contributed by atoms with van der Waals surface area (Å²) >= 11 is 7.63. The number of amides is 1. The van der Waals surface area contributed by atoms with Crippen LogP contribution in [0.1, 0.15) is 75.7 Å². The first kappa shape index (κ1) is 42.3. The first-order valence-corrected chi connectivity index (χ1v) is 21.8. The van der Waals surface area contributed by atoms with Crippen LogP contribution in [0.2, 0.25) is 0 Å². The number of fused-ring (bicyclic) bond motifs is 2. The third-order valence-electron chi connectivity index (χ3n) is 11.4. The minimum Gasteiger partial charge on any atom is -0.459 e. The minimum absolute atomic E-state index is 0.0488. The first-order chi connectivity index (χ1) is 27.4. The van der Waals surface area contributed by atoms with Crippen molar-refractivity contribution in [2.24, 2.45) is 22.9 Å². The van der Waals surface area contributed by atoms with Crippen molar-refractivity contribution in [3.8, 4) is 17.2 Å². The van der Waals surface area contributed by atoms with E-state index in [1.165, 1.54) is 0 Å². The standard InChI is InChI=1S/C43H57ClN2O9S/c1-4-23-52-43-38(46(2)42(49)51-25-20-44)28-36(45-55-39-13-7-10-24-50-39)34-26-29(11-5-8-21-47)33(12-6-9-22-48)40(41(34)43)35-27-31(16-19-37(35)54-43)53-30-14-17-32(56-3)18-15-30/h4,14-19,26-27,29,33,38-41,47-48H,1,5-13,20-25,28H2,2-3H3. The quantitative estimate of drug-likeness (QED) is 0.0468. The van der Waals surface area contributed by atoms with Crippen LogP contribution < -0.4 is 9.47 Å². The van der Waals surface area contributed by atoms with Gasteiger partial charge in [0, 0.05) is 49.5 Å². The molecule has 0 aromatic heterocycles. The normalized spacial score (nSPS) is 27.3. The highest BCUT2D eigenvalue weighted by Crippen LogP contribution is 2.62. The molecular formula is C43H57ClN2O9S. The lowest BCUT2D eigenvalue weighted by molar-refractivity contribution is -0.254. The van der Waals surface area contributed by atoms with Crippen LogP contribution >= 0.6 is 23.4 Å². The Morgan fingerprint density at radius 1 is 1.09 bits per heavy atom. The number of aliphatic hydroxyl groups excluding tert-OH is 2. The third-order valence-corrected chi connectivity index (χ3v) is 12.3. The molecule has 0 spiro atoms. The molecule has 11 nitrogen and oxygen atoms in total.